The molecule has 0 saturated carbocycles. The third-order valence-electron chi connectivity index (χ3n) is 1.18. The minimum Gasteiger partial charge on any atom is -0.411 e. The van der Waals surface area contributed by atoms with E-state index in [0.29, 0.717) is 0 Å². The lowest BCUT2D eigenvalue weighted by molar-refractivity contribution is -0.305. The molecule has 0 rings (SSSR count). The lowest BCUT2D eigenvalue weighted by Gasteiger charge is -2.07. The molecule has 0 aliphatic rings. The second kappa shape index (κ2) is 4.74. The first-order chi connectivity index (χ1) is 5.85. The molecule has 0 aliphatic heterocycles. The second-order valence-electron chi connectivity index (χ2n) is 2.44. The lowest BCUT2D eigenvalue weighted by atomic mass is 10.3. The minimum absolute atomic E-state index is 0.200. The van der Waals surface area contributed by atoms with Crippen molar-refractivity contribution in [3.63, 3.8) is 0 Å². The van der Waals surface area contributed by atoms with Crippen molar-refractivity contribution in [2.24, 2.45) is 0 Å². The molecule has 4 heteroatoms. The van der Waals surface area contributed by atoms with Crippen molar-refractivity contribution < 1.29 is 17.9 Å². The molecule has 74 valence electrons. The quantitative estimate of drug-likeness (QED) is 0.490. The average molecular weight is 192 g/mol. The van der Waals surface area contributed by atoms with Gasteiger partial charge < -0.3 is 4.74 Å². The van der Waals surface area contributed by atoms with E-state index in [1.165, 1.54) is 25.2 Å². The summed E-state index contributed by atoms with van der Waals surface area (Å²) < 4.78 is 38.4. The van der Waals surface area contributed by atoms with Crippen LogP contribution in [-0.2, 0) is 4.74 Å². The van der Waals surface area contributed by atoms with Crippen LogP contribution in [0.5, 0.6) is 0 Å². The summed E-state index contributed by atoms with van der Waals surface area (Å²) in [6, 6.07) is 0. The summed E-state index contributed by atoms with van der Waals surface area (Å²) in [5, 5.41) is 0. The lowest BCUT2D eigenvalue weighted by Crippen LogP contribution is -2.11. The molecule has 0 atom stereocenters. The molecule has 0 bridgehead atoms. The topological polar surface area (TPSA) is 9.23 Å². The minimum atomic E-state index is -4.61. The molecule has 0 fully saturated rings. The van der Waals surface area contributed by atoms with Gasteiger partial charge in [0.2, 0.25) is 0 Å². The predicted octanol–water partition coefficient (Wildman–Crippen LogP) is 3.56. The number of rotatable bonds is 3. The molecule has 0 heterocycles. The number of halogens is 3. The van der Waals surface area contributed by atoms with Crippen molar-refractivity contribution in [2.45, 2.75) is 20.2 Å². The molecule has 0 aliphatic carbocycles. The maximum absolute atomic E-state index is 11.6. The van der Waals surface area contributed by atoms with Crippen LogP contribution >= 0.6 is 0 Å². The molecule has 0 aromatic carbocycles. The normalized spacial score (nSPS) is 14.2. The molecule has 0 aromatic rings. The third kappa shape index (κ3) is 7.18. The smallest absolute Gasteiger partial charge is 0.411 e. The number of hydrogen-bond donors (Lipinski definition) is 0. The summed E-state index contributed by atoms with van der Waals surface area (Å²) in [6.45, 7) is 6.42. The van der Waals surface area contributed by atoms with Crippen LogP contribution in [0.25, 0.3) is 0 Å². The van der Waals surface area contributed by atoms with E-state index in [-0.39, 0.29) is 5.76 Å². The van der Waals surface area contributed by atoms with Crippen LogP contribution in [0, 0.1) is 0 Å². The summed E-state index contributed by atoms with van der Waals surface area (Å²) in [7, 11) is 0. The molecule has 0 spiro atoms. The zero-order valence-corrected chi connectivity index (χ0v) is 7.48. The van der Waals surface area contributed by atoms with Gasteiger partial charge in [0.05, 0.1) is 0 Å². The van der Waals surface area contributed by atoms with Gasteiger partial charge in [0.1, 0.15) is 5.76 Å². The molecule has 0 saturated heterocycles. The van der Waals surface area contributed by atoms with E-state index < -0.39 is 6.36 Å². The zero-order chi connectivity index (χ0) is 10.5. The molecule has 0 aromatic heterocycles. The highest BCUT2D eigenvalue weighted by molar-refractivity contribution is 5.20. The Bertz CT molecular complexity index is 236. The maximum Gasteiger partial charge on any atom is 0.572 e. The van der Waals surface area contributed by atoms with Crippen molar-refractivity contribution in [2.75, 3.05) is 0 Å². The summed E-state index contributed by atoms with van der Waals surface area (Å²) >= 11 is 0. The Morgan fingerprint density at radius 1 is 1.23 bits per heavy atom. The van der Waals surface area contributed by atoms with Crippen molar-refractivity contribution in [1.82, 2.24) is 0 Å². The van der Waals surface area contributed by atoms with Gasteiger partial charge in [0.15, 0.2) is 0 Å². The first-order valence-corrected chi connectivity index (χ1v) is 3.58. The fraction of sp³-hybridized carbons (Fsp3) is 0.333. The Morgan fingerprint density at radius 3 is 2.15 bits per heavy atom. The van der Waals surface area contributed by atoms with E-state index in [0.717, 1.165) is 5.57 Å². The molecule has 0 N–H and O–H groups in total. The van der Waals surface area contributed by atoms with Crippen LogP contribution in [0.1, 0.15) is 13.8 Å². The SMILES string of the molecule is C=C/C(C)=C\C=C(/C)OC(F)(F)F. The Hall–Kier alpha value is -1.19. The first kappa shape index (κ1) is 11.8. The van der Waals surface area contributed by atoms with E-state index in [2.05, 4.69) is 11.3 Å². The predicted molar refractivity (Wildman–Crippen MR) is 44.9 cm³/mol. The highest BCUT2D eigenvalue weighted by Crippen LogP contribution is 2.20. The van der Waals surface area contributed by atoms with Gasteiger partial charge in [-0.2, -0.15) is 0 Å². The van der Waals surface area contributed by atoms with Crippen molar-refractivity contribution in [3.05, 3.63) is 36.1 Å². The molecule has 0 amide bonds. The van der Waals surface area contributed by atoms with E-state index in [9.17, 15) is 13.2 Å². The molecule has 13 heavy (non-hydrogen) atoms. The third-order valence-corrected chi connectivity index (χ3v) is 1.18. The van der Waals surface area contributed by atoms with Gasteiger partial charge in [-0.1, -0.05) is 24.3 Å². The van der Waals surface area contributed by atoms with E-state index in [1.54, 1.807) is 6.92 Å². The summed E-state index contributed by atoms with van der Waals surface area (Å²) in [5.41, 5.74) is 0.769. The standard InChI is InChI=1S/C9H11F3O/c1-4-7(2)5-6-8(3)13-9(10,11)12/h4-6H,1H2,2-3H3/b7-5-,8-6+. The fourth-order valence-electron chi connectivity index (χ4n) is 0.533. The average Bonchev–Trinajstić information content (AvgIpc) is 1.97. The van der Waals surface area contributed by atoms with Crippen molar-refractivity contribution >= 4 is 0 Å². The highest BCUT2D eigenvalue weighted by atomic mass is 19.4. The van der Waals surface area contributed by atoms with Gasteiger partial charge in [-0.25, -0.2) is 0 Å². The van der Waals surface area contributed by atoms with Crippen LogP contribution in [0.15, 0.2) is 36.1 Å². The zero-order valence-electron chi connectivity index (χ0n) is 7.48. The van der Waals surface area contributed by atoms with Gasteiger partial charge in [0.25, 0.3) is 0 Å². The second-order valence-corrected chi connectivity index (χ2v) is 2.44. The molecular formula is C9H11F3O. The van der Waals surface area contributed by atoms with Crippen LogP contribution in [0.3, 0.4) is 0 Å². The number of ether oxygens (including phenoxy) is 1. The Balaban J connectivity index is 4.27. The van der Waals surface area contributed by atoms with Gasteiger partial charge in [-0.15, -0.1) is 13.2 Å². The number of allylic oxidation sites excluding steroid dienone is 5. The number of alkyl halides is 3. The molecular weight excluding hydrogens is 181 g/mol. The maximum atomic E-state index is 11.6. The van der Waals surface area contributed by atoms with Crippen LogP contribution in [-0.4, -0.2) is 6.36 Å². The van der Waals surface area contributed by atoms with Gasteiger partial charge in [0, 0.05) is 0 Å². The van der Waals surface area contributed by atoms with Gasteiger partial charge >= 0.3 is 6.36 Å². The van der Waals surface area contributed by atoms with Crippen molar-refractivity contribution in [3.8, 4) is 0 Å². The van der Waals surface area contributed by atoms with E-state index in [1.807, 2.05) is 0 Å². The Kier molecular flexibility index (Phi) is 4.31. The Morgan fingerprint density at radius 2 is 1.77 bits per heavy atom. The van der Waals surface area contributed by atoms with Crippen LogP contribution < -0.4 is 0 Å². The largest absolute Gasteiger partial charge is 0.572 e. The van der Waals surface area contributed by atoms with E-state index >= 15 is 0 Å². The molecule has 0 unspecified atom stereocenters. The number of hydrogen-bond acceptors (Lipinski definition) is 1. The summed E-state index contributed by atoms with van der Waals surface area (Å²) in [4.78, 5) is 0. The summed E-state index contributed by atoms with van der Waals surface area (Å²) in [5.74, 6) is -0.200. The van der Waals surface area contributed by atoms with E-state index in [4.69, 9.17) is 0 Å². The van der Waals surface area contributed by atoms with Crippen molar-refractivity contribution in [1.29, 1.82) is 0 Å². The monoisotopic (exact) mass is 192 g/mol. The molecule has 0 radical (unpaired) electrons. The van der Waals surface area contributed by atoms with Crippen LogP contribution in [0.4, 0.5) is 13.2 Å². The van der Waals surface area contributed by atoms with Gasteiger partial charge in [-0.05, 0) is 19.9 Å². The van der Waals surface area contributed by atoms with Crippen LogP contribution in [0.2, 0.25) is 0 Å². The molecule has 1 nitrogen and oxygen atoms in total. The highest BCUT2D eigenvalue weighted by Gasteiger charge is 2.30. The van der Waals surface area contributed by atoms with Gasteiger partial charge in [-0.3, -0.25) is 0 Å². The first-order valence-electron chi connectivity index (χ1n) is 3.58. The fourth-order valence-corrected chi connectivity index (χ4v) is 0.533. The Labute approximate surface area is 75.2 Å². The summed E-state index contributed by atoms with van der Waals surface area (Å²) in [6.07, 6.45) is -0.341.